The molecule has 0 amide bonds. The molecule has 0 aliphatic carbocycles. The number of rotatable bonds is 76. The highest BCUT2D eigenvalue weighted by molar-refractivity contribution is 7.47. The van der Waals surface area contributed by atoms with Crippen molar-refractivity contribution < 1.29 is 95.6 Å². The molecule has 20 nitrogen and oxygen atoms in total. The van der Waals surface area contributed by atoms with Gasteiger partial charge >= 0.3 is 39.5 Å². The molecule has 6 N–H and O–H groups in total. The third kappa shape index (κ3) is 86.6. The molecule has 0 aliphatic rings. The molecule has 0 aromatic rings. The molecule has 0 aromatic heterocycles. The maximum absolute atomic E-state index is 12.6. The fourth-order valence-corrected chi connectivity index (χ4v) is 11.4. The van der Waals surface area contributed by atoms with Crippen LogP contribution in [0.15, 0.2) is 194 Å². The summed E-state index contributed by atoms with van der Waals surface area (Å²) in [6.07, 6.45) is 99.1. The molecule has 0 saturated carbocycles. The molecular weight excluding hydrogens is 1490 g/mol. The van der Waals surface area contributed by atoms with Gasteiger partial charge < -0.3 is 49.2 Å². The molecule has 0 saturated heterocycles. The van der Waals surface area contributed by atoms with Crippen LogP contribution >= 0.6 is 15.6 Å². The van der Waals surface area contributed by atoms with Crippen LogP contribution in [0.4, 0.5) is 0 Å². The number of allylic oxidation sites excluding steroid dienone is 32. The zero-order chi connectivity index (χ0) is 83.8. The van der Waals surface area contributed by atoms with Gasteiger partial charge in [0.05, 0.1) is 39.6 Å². The number of esters is 4. The van der Waals surface area contributed by atoms with E-state index in [2.05, 4.69) is 195 Å². The van der Waals surface area contributed by atoms with Gasteiger partial charge in [0.15, 0.2) is 12.2 Å². The maximum atomic E-state index is 12.6. The van der Waals surface area contributed by atoms with E-state index < -0.39 is 104 Å². The van der Waals surface area contributed by atoms with E-state index in [0.717, 1.165) is 103 Å². The monoisotopic (exact) mass is 1640 g/mol. The van der Waals surface area contributed by atoms with E-state index in [1.54, 1.807) is 0 Å². The van der Waals surface area contributed by atoms with Crippen LogP contribution in [0, 0.1) is 0 Å². The fraction of sp³-hybridized carbons (Fsp3) is 0.609. The molecule has 0 fully saturated rings. The van der Waals surface area contributed by atoms with Gasteiger partial charge in [-0.25, -0.2) is 9.13 Å². The highest BCUT2D eigenvalue weighted by atomic mass is 31.2. The molecule has 0 spiro atoms. The molecule has 0 aliphatic heterocycles. The van der Waals surface area contributed by atoms with Crippen molar-refractivity contribution in [1.82, 2.24) is 0 Å². The van der Waals surface area contributed by atoms with Crippen LogP contribution in [0.25, 0.3) is 0 Å². The Morgan fingerprint density at radius 2 is 0.447 bits per heavy atom. The summed E-state index contributed by atoms with van der Waals surface area (Å²) in [5.41, 5.74) is 0. The van der Waals surface area contributed by atoms with Gasteiger partial charge in [-0.1, -0.05) is 273 Å². The van der Waals surface area contributed by atoms with Gasteiger partial charge in [-0.05, 0) is 180 Å². The summed E-state index contributed by atoms with van der Waals surface area (Å²) >= 11 is 0. The molecule has 114 heavy (non-hydrogen) atoms. The van der Waals surface area contributed by atoms with Crippen molar-refractivity contribution in [2.45, 2.75) is 309 Å². The van der Waals surface area contributed by atoms with Crippen molar-refractivity contribution in [3.63, 3.8) is 0 Å². The molecule has 0 rings (SSSR count). The van der Waals surface area contributed by atoms with E-state index >= 15 is 0 Å². The Kier molecular flexibility index (Phi) is 83.0. The van der Waals surface area contributed by atoms with Crippen LogP contribution in [-0.4, -0.2) is 131 Å². The number of unbranched alkanes of at least 4 members (excludes halogenated alkanes) is 16. The normalized spacial score (nSPS) is 14.8. The lowest BCUT2D eigenvalue weighted by atomic mass is 10.2. The number of hydrogen-bond acceptors (Lipinski definition) is 18. The Morgan fingerprint density at radius 1 is 0.263 bits per heavy atom. The Bertz CT molecular complexity index is 2720. The van der Waals surface area contributed by atoms with Crippen LogP contribution in [0.3, 0.4) is 0 Å². The zero-order valence-electron chi connectivity index (χ0n) is 70.0. The number of carbonyl (C=O) groups is 4. The summed E-state index contributed by atoms with van der Waals surface area (Å²) in [5.74, 6) is -2.13. The van der Waals surface area contributed by atoms with Crippen LogP contribution < -0.4 is 0 Å². The second-order valence-electron chi connectivity index (χ2n) is 27.3. The minimum atomic E-state index is -4.65. The van der Waals surface area contributed by atoms with E-state index in [0.29, 0.717) is 51.4 Å². The van der Waals surface area contributed by atoms with Gasteiger partial charge in [0.25, 0.3) is 0 Å². The maximum Gasteiger partial charge on any atom is 0.472 e. The largest absolute Gasteiger partial charge is 0.472 e. The van der Waals surface area contributed by atoms with Crippen molar-refractivity contribution in [3.8, 4) is 0 Å². The SMILES string of the molecule is CCCCC/C=C\C/C=C\C/C=C\C/C=C\CCCC(=O)OC[C@H](COP(=O)(O)OCC(O)CO)OC(=O)CCC/C=C\C/C=C\C/C=C\C/C=C\CCCCC.CCCCC/C=C\C/C=C\C/C=C\C/C=C\CCCC(=O)OC[C@H](COP(=O)(O)OCC(O)CO)OC(=O)CCC/C=C\C/C=C\C/C=C\C/C=C\CCCCC. The number of phosphoric acid groups is 2. The number of aliphatic hydroxyl groups is 4. The predicted molar refractivity (Wildman–Crippen MR) is 465 cm³/mol. The van der Waals surface area contributed by atoms with E-state index in [1.165, 1.54) is 77.0 Å². The molecule has 0 bridgehead atoms. The average molecular weight is 1640 g/mol. The topological polar surface area (TPSA) is 298 Å². The van der Waals surface area contributed by atoms with Crippen LogP contribution in [0.2, 0.25) is 0 Å². The van der Waals surface area contributed by atoms with Gasteiger partial charge in [0, 0.05) is 25.7 Å². The molecule has 0 aromatic carbocycles. The average Bonchev–Trinajstić information content (AvgIpc) is 0.909. The quantitative estimate of drug-likeness (QED) is 0.0108. The van der Waals surface area contributed by atoms with E-state index in [9.17, 15) is 48.3 Å². The van der Waals surface area contributed by atoms with Gasteiger partial charge in [0.2, 0.25) is 0 Å². The first kappa shape index (κ1) is 110. The molecule has 6 atom stereocenters. The molecule has 4 unspecified atom stereocenters. The summed E-state index contributed by atoms with van der Waals surface area (Å²) in [7, 11) is -9.30. The first-order valence-electron chi connectivity index (χ1n) is 42.4. The highest BCUT2D eigenvalue weighted by Crippen LogP contribution is 2.44. The minimum absolute atomic E-state index is 0.0908. The number of hydrogen-bond donors (Lipinski definition) is 6. The lowest BCUT2D eigenvalue weighted by Gasteiger charge is -2.20. The number of aliphatic hydroxyl groups excluding tert-OH is 4. The first-order chi connectivity index (χ1) is 55.5. The second kappa shape index (κ2) is 86.1. The van der Waals surface area contributed by atoms with Crippen molar-refractivity contribution in [2.24, 2.45) is 0 Å². The highest BCUT2D eigenvalue weighted by Gasteiger charge is 2.29. The Morgan fingerprint density at radius 3 is 0.649 bits per heavy atom. The molecule has 0 radical (unpaired) electrons. The van der Waals surface area contributed by atoms with Gasteiger partial charge in [-0.15, -0.1) is 0 Å². The smallest absolute Gasteiger partial charge is 0.462 e. The third-order valence-electron chi connectivity index (χ3n) is 16.4. The number of carbonyl (C=O) groups excluding carboxylic acids is 4. The lowest BCUT2D eigenvalue weighted by molar-refractivity contribution is -0.161. The summed E-state index contributed by atoms with van der Waals surface area (Å²) in [6, 6.07) is 0. The minimum Gasteiger partial charge on any atom is -0.462 e. The van der Waals surface area contributed by atoms with Gasteiger partial charge in [-0.3, -0.25) is 37.3 Å². The molecule has 648 valence electrons. The van der Waals surface area contributed by atoms with Crippen molar-refractivity contribution >= 4 is 39.5 Å². The van der Waals surface area contributed by atoms with Crippen molar-refractivity contribution in [2.75, 3.05) is 52.9 Å². The van der Waals surface area contributed by atoms with E-state index in [-0.39, 0.29) is 38.9 Å². The summed E-state index contributed by atoms with van der Waals surface area (Å²) in [5, 5.41) is 36.6. The lowest BCUT2D eigenvalue weighted by Crippen LogP contribution is -2.29. The first-order valence-corrected chi connectivity index (χ1v) is 45.4. The standard InChI is InChI=1S/2C46H75O10P/c2*1-3-5-7-9-11-13-15-17-19-21-23-25-27-29-31-33-35-37-45(49)53-41-44(42-55-57(51,52)54-40-43(48)39-47)56-46(50)38-36-34-32-30-28-26-24-22-20-18-16-14-12-10-8-6-4-2/h2*11-14,17-20,23-26,29-32,43-44,47-48H,3-10,15-16,21-22,27-28,33-42H2,1-2H3,(H,51,52)/b2*13-11-,14-12-,19-17-,20-18-,25-23-,26-24-,31-29-,32-30-/t2*43?,44-/m11/s1. The van der Waals surface area contributed by atoms with Gasteiger partial charge in [-0.2, -0.15) is 0 Å². The Hall–Kier alpha value is -6.22. The third-order valence-corrected chi connectivity index (χ3v) is 18.3. The molecular formula is C92H150O20P2. The van der Waals surface area contributed by atoms with Crippen molar-refractivity contribution in [3.05, 3.63) is 194 Å². The summed E-state index contributed by atoms with van der Waals surface area (Å²) in [4.78, 5) is 69.8. The molecule has 0 heterocycles. The molecule has 22 heteroatoms. The summed E-state index contributed by atoms with van der Waals surface area (Å²) in [6.45, 7) is 4.34. The second-order valence-corrected chi connectivity index (χ2v) is 30.2. The fourth-order valence-electron chi connectivity index (χ4n) is 9.83. The van der Waals surface area contributed by atoms with E-state index in [4.69, 9.17) is 38.2 Å². The van der Waals surface area contributed by atoms with Crippen LogP contribution in [-0.2, 0) is 65.4 Å². The Labute approximate surface area is 687 Å². The van der Waals surface area contributed by atoms with Gasteiger partial charge in [0.1, 0.15) is 25.4 Å². The number of ether oxygens (including phenoxy) is 4. The predicted octanol–water partition coefficient (Wildman–Crippen LogP) is 22.4. The van der Waals surface area contributed by atoms with Crippen LogP contribution in [0.1, 0.15) is 285 Å². The Balaban J connectivity index is 0. The zero-order valence-corrected chi connectivity index (χ0v) is 71.8. The number of phosphoric ester groups is 2. The van der Waals surface area contributed by atoms with Crippen LogP contribution in [0.5, 0.6) is 0 Å². The summed E-state index contributed by atoms with van der Waals surface area (Å²) < 4.78 is 65.1. The van der Waals surface area contributed by atoms with Crippen molar-refractivity contribution in [1.29, 1.82) is 0 Å². The van der Waals surface area contributed by atoms with E-state index in [1.807, 2.05) is 36.5 Å².